The Balaban J connectivity index is 2.12. The molecule has 2 amide bonds. The maximum absolute atomic E-state index is 12.1. The van der Waals surface area contributed by atoms with Crippen LogP contribution in [-0.2, 0) is 16.0 Å². The topological polar surface area (TPSA) is 77.8 Å². The van der Waals surface area contributed by atoms with Gasteiger partial charge in [0.25, 0.3) is 0 Å². The summed E-state index contributed by atoms with van der Waals surface area (Å²) in [6.45, 7) is 2.37. The molecule has 1 aliphatic heterocycles. The van der Waals surface area contributed by atoms with Crippen LogP contribution in [0.3, 0.4) is 0 Å². The minimum absolute atomic E-state index is 0.0253. The number of imide groups is 1. The highest BCUT2D eigenvalue weighted by Crippen LogP contribution is 2.29. The Bertz CT molecular complexity index is 512. The zero-order chi connectivity index (χ0) is 14.0. The lowest BCUT2D eigenvalue weighted by molar-refractivity contribution is -0.139. The largest absolute Gasteiger partial charge is 0.508 e. The van der Waals surface area contributed by atoms with Crippen LogP contribution >= 0.6 is 0 Å². The molecular weight excluding hydrogens is 246 g/mol. The van der Waals surface area contributed by atoms with Crippen molar-refractivity contribution in [3.8, 4) is 11.5 Å². The van der Waals surface area contributed by atoms with Crippen molar-refractivity contribution >= 4 is 11.8 Å². The van der Waals surface area contributed by atoms with Gasteiger partial charge in [-0.3, -0.25) is 14.5 Å². The first-order chi connectivity index (χ1) is 9.02. The summed E-state index contributed by atoms with van der Waals surface area (Å²) < 4.78 is 0. The third-order valence-electron chi connectivity index (χ3n) is 3.32. The molecule has 1 aromatic carbocycles. The van der Waals surface area contributed by atoms with Crippen LogP contribution in [0.5, 0.6) is 11.5 Å². The van der Waals surface area contributed by atoms with E-state index >= 15 is 0 Å². The van der Waals surface area contributed by atoms with Crippen LogP contribution in [0.1, 0.15) is 25.3 Å². The summed E-state index contributed by atoms with van der Waals surface area (Å²) >= 11 is 0. The Morgan fingerprint density at radius 1 is 1.32 bits per heavy atom. The number of carbonyl (C=O) groups excluding carboxylic acids is 2. The first kappa shape index (κ1) is 13.4. The van der Waals surface area contributed by atoms with Crippen LogP contribution in [0.4, 0.5) is 0 Å². The Labute approximate surface area is 111 Å². The molecule has 5 nitrogen and oxygen atoms in total. The molecule has 1 atom stereocenters. The first-order valence-electron chi connectivity index (χ1n) is 6.38. The minimum atomic E-state index is -0.408. The molecule has 0 aromatic heterocycles. The number of aromatic hydroxyl groups is 2. The van der Waals surface area contributed by atoms with E-state index < -0.39 is 5.92 Å². The van der Waals surface area contributed by atoms with Crippen LogP contribution in [0.25, 0.3) is 0 Å². The molecule has 1 saturated heterocycles. The summed E-state index contributed by atoms with van der Waals surface area (Å²) in [6, 6.07) is 4.27. The van der Waals surface area contributed by atoms with E-state index in [9.17, 15) is 19.8 Å². The maximum atomic E-state index is 12.1. The number of rotatable bonds is 4. The fourth-order valence-corrected chi connectivity index (χ4v) is 2.36. The lowest BCUT2D eigenvalue weighted by Crippen LogP contribution is -2.31. The van der Waals surface area contributed by atoms with E-state index in [1.165, 1.54) is 17.0 Å². The SMILES string of the molecule is CCCN1C(=O)CC(Cc2ccc(O)cc2O)C1=O. The monoisotopic (exact) mass is 263 g/mol. The van der Waals surface area contributed by atoms with Gasteiger partial charge in [0.1, 0.15) is 11.5 Å². The van der Waals surface area contributed by atoms with Gasteiger partial charge in [0.05, 0.1) is 5.92 Å². The number of hydrogen-bond donors (Lipinski definition) is 2. The van der Waals surface area contributed by atoms with Crippen LogP contribution in [0.15, 0.2) is 18.2 Å². The van der Waals surface area contributed by atoms with E-state index in [2.05, 4.69) is 0 Å². The summed E-state index contributed by atoms with van der Waals surface area (Å²) in [5, 5.41) is 18.9. The number of benzene rings is 1. The molecule has 1 aromatic rings. The molecule has 0 radical (unpaired) electrons. The fourth-order valence-electron chi connectivity index (χ4n) is 2.36. The quantitative estimate of drug-likeness (QED) is 0.805. The van der Waals surface area contributed by atoms with Crippen molar-refractivity contribution < 1.29 is 19.8 Å². The summed E-state index contributed by atoms with van der Waals surface area (Å²) in [6.07, 6.45) is 1.25. The van der Waals surface area contributed by atoms with Crippen molar-refractivity contribution in [2.45, 2.75) is 26.2 Å². The van der Waals surface area contributed by atoms with E-state index in [0.29, 0.717) is 18.5 Å². The third kappa shape index (κ3) is 2.70. The van der Waals surface area contributed by atoms with Crippen molar-refractivity contribution in [2.24, 2.45) is 5.92 Å². The molecule has 1 unspecified atom stereocenters. The molecular formula is C14H17NO4. The molecule has 1 heterocycles. The van der Waals surface area contributed by atoms with Crippen LogP contribution in [0, 0.1) is 5.92 Å². The zero-order valence-corrected chi connectivity index (χ0v) is 10.8. The van der Waals surface area contributed by atoms with Gasteiger partial charge in [-0.1, -0.05) is 13.0 Å². The van der Waals surface area contributed by atoms with E-state index in [1.54, 1.807) is 6.07 Å². The lowest BCUT2D eigenvalue weighted by atomic mass is 9.97. The Morgan fingerprint density at radius 2 is 2.05 bits per heavy atom. The summed E-state index contributed by atoms with van der Waals surface area (Å²) in [5.41, 5.74) is 0.572. The summed E-state index contributed by atoms with van der Waals surface area (Å²) in [4.78, 5) is 25.1. The Hall–Kier alpha value is -2.04. The van der Waals surface area contributed by atoms with Gasteiger partial charge in [0.15, 0.2) is 0 Å². The molecule has 0 spiro atoms. The summed E-state index contributed by atoms with van der Waals surface area (Å²) in [7, 11) is 0. The van der Waals surface area contributed by atoms with Gasteiger partial charge in [0.2, 0.25) is 11.8 Å². The predicted octanol–water partition coefficient (Wildman–Crippen LogP) is 1.43. The molecule has 0 saturated carbocycles. The van der Waals surface area contributed by atoms with Gasteiger partial charge in [-0.2, -0.15) is 0 Å². The van der Waals surface area contributed by atoms with Crippen LogP contribution in [0.2, 0.25) is 0 Å². The zero-order valence-electron chi connectivity index (χ0n) is 10.8. The van der Waals surface area contributed by atoms with E-state index in [-0.39, 0.29) is 29.7 Å². The summed E-state index contributed by atoms with van der Waals surface area (Å²) in [5.74, 6) is -0.791. The molecule has 102 valence electrons. The molecule has 19 heavy (non-hydrogen) atoms. The smallest absolute Gasteiger partial charge is 0.233 e. The number of nitrogens with zero attached hydrogens (tertiary/aromatic N) is 1. The Kier molecular flexibility index (Phi) is 3.74. The molecule has 0 aliphatic carbocycles. The third-order valence-corrected chi connectivity index (χ3v) is 3.32. The van der Waals surface area contributed by atoms with Gasteiger partial charge >= 0.3 is 0 Å². The van der Waals surface area contributed by atoms with Crippen molar-refractivity contribution in [3.63, 3.8) is 0 Å². The van der Waals surface area contributed by atoms with Crippen molar-refractivity contribution in [2.75, 3.05) is 6.54 Å². The van der Waals surface area contributed by atoms with Gasteiger partial charge < -0.3 is 10.2 Å². The van der Waals surface area contributed by atoms with Gasteiger partial charge in [-0.05, 0) is 24.5 Å². The van der Waals surface area contributed by atoms with Crippen molar-refractivity contribution in [3.05, 3.63) is 23.8 Å². The number of phenolic OH excluding ortho intramolecular Hbond substituents is 2. The molecule has 1 aliphatic rings. The number of hydrogen-bond acceptors (Lipinski definition) is 4. The lowest BCUT2D eigenvalue weighted by Gasteiger charge is -2.14. The van der Waals surface area contributed by atoms with E-state index in [0.717, 1.165) is 6.42 Å². The van der Waals surface area contributed by atoms with E-state index in [1.807, 2.05) is 6.92 Å². The number of carbonyl (C=O) groups is 2. The average molecular weight is 263 g/mol. The second-order valence-corrected chi connectivity index (χ2v) is 4.80. The van der Waals surface area contributed by atoms with Crippen molar-refractivity contribution in [1.29, 1.82) is 0 Å². The highest BCUT2D eigenvalue weighted by molar-refractivity contribution is 6.03. The van der Waals surface area contributed by atoms with Gasteiger partial charge in [0, 0.05) is 19.0 Å². The second kappa shape index (κ2) is 5.30. The molecule has 1 fully saturated rings. The standard InChI is InChI=1S/C14H17NO4/c1-2-5-15-13(18)7-10(14(15)19)6-9-3-4-11(16)8-12(9)17/h3-4,8,10,16-17H,2,5-7H2,1H3. The highest BCUT2D eigenvalue weighted by Gasteiger charge is 2.37. The van der Waals surface area contributed by atoms with Gasteiger partial charge in [-0.15, -0.1) is 0 Å². The predicted molar refractivity (Wildman–Crippen MR) is 68.6 cm³/mol. The normalized spacial score (nSPS) is 19.2. The molecule has 5 heteroatoms. The first-order valence-corrected chi connectivity index (χ1v) is 6.38. The van der Waals surface area contributed by atoms with E-state index in [4.69, 9.17) is 0 Å². The highest BCUT2D eigenvalue weighted by atomic mass is 16.3. The van der Waals surface area contributed by atoms with Crippen LogP contribution in [-0.4, -0.2) is 33.5 Å². The molecule has 2 N–H and O–H groups in total. The Morgan fingerprint density at radius 3 is 2.68 bits per heavy atom. The number of amides is 2. The minimum Gasteiger partial charge on any atom is -0.508 e. The second-order valence-electron chi connectivity index (χ2n) is 4.80. The molecule has 0 bridgehead atoms. The number of phenols is 2. The average Bonchev–Trinajstić information content (AvgIpc) is 2.61. The van der Waals surface area contributed by atoms with Crippen LogP contribution < -0.4 is 0 Å². The fraction of sp³-hybridized carbons (Fsp3) is 0.429. The van der Waals surface area contributed by atoms with Gasteiger partial charge in [-0.25, -0.2) is 0 Å². The maximum Gasteiger partial charge on any atom is 0.233 e. The van der Waals surface area contributed by atoms with Crippen molar-refractivity contribution in [1.82, 2.24) is 4.90 Å². The number of likely N-dealkylation sites (tertiary alicyclic amines) is 1. The molecule has 2 rings (SSSR count).